The summed E-state index contributed by atoms with van der Waals surface area (Å²) in [7, 11) is 0. The highest BCUT2D eigenvalue weighted by Crippen LogP contribution is 2.58. The normalized spacial score (nSPS) is 33.3. The quantitative estimate of drug-likeness (QED) is 0.345. The number of imide groups is 2. The number of hydrogen-bond donors (Lipinski definition) is 3. The third-order valence-corrected chi connectivity index (χ3v) is 7.87. The molecular formula is C24H20N2O7. The molecule has 3 fully saturated rings. The second-order valence-corrected chi connectivity index (χ2v) is 9.23. The van der Waals surface area contributed by atoms with Crippen molar-refractivity contribution in [2.24, 2.45) is 29.6 Å². The van der Waals surface area contributed by atoms with Crippen molar-refractivity contribution in [3.63, 3.8) is 0 Å². The summed E-state index contributed by atoms with van der Waals surface area (Å²) in [6.07, 6.45) is 2.09. The Hall–Kier alpha value is -3.56. The van der Waals surface area contributed by atoms with Crippen molar-refractivity contribution in [1.29, 1.82) is 0 Å². The van der Waals surface area contributed by atoms with Gasteiger partial charge in [0.1, 0.15) is 5.75 Å². The molecule has 168 valence electrons. The van der Waals surface area contributed by atoms with E-state index in [2.05, 4.69) is 0 Å². The summed E-state index contributed by atoms with van der Waals surface area (Å²) in [4.78, 5) is 50.9. The summed E-state index contributed by atoms with van der Waals surface area (Å²) < 4.78 is 0. The summed E-state index contributed by atoms with van der Waals surface area (Å²) >= 11 is 0. The number of amides is 4. The van der Waals surface area contributed by atoms with Gasteiger partial charge in [-0.2, -0.15) is 10.1 Å². The minimum atomic E-state index is -0.939. The third-order valence-electron chi connectivity index (χ3n) is 7.87. The first-order valence-corrected chi connectivity index (χ1v) is 10.8. The zero-order valence-electron chi connectivity index (χ0n) is 17.3. The molecule has 33 heavy (non-hydrogen) atoms. The molecule has 0 spiro atoms. The number of phenols is 1. The molecule has 6 unspecified atom stereocenters. The van der Waals surface area contributed by atoms with Gasteiger partial charge in [-0.15, -0.1) is 0 Å². The number of fused-ring (bicyclic) bond motifs is 5. The molecule has 2 aromatic carbocycles. The number of nitrogens with zero attached hydrogens (tertiary/aromatic N) is 2. The van der Waals surface area contributed by atoms with Gasteiger partial charge >= 0.3 is 0 Å². The fourth-order valence-corrected chi connectivity index (χ4v) is 6.43. The molecule has 2 aliphatic carbocycles. The van der Waals surface area contributed by atoms with Crippen LogP contribution in [0.15, 0.2) is 48.0 Å². The van der Waals surface area contributed by atoms with Crippen molar-refractivity contribution in [3.8, 4) is 5.75 Å². The summed E-state index contributed by atoms with van der Waals surface area (Å²) in [5, 5.41) is 32.9. The number of hydroxylamine groups is 4. The molecule has 2 aliphatic heterocycles. The molecular weight excluding hydrogens is 428 g/mol. The maximum Gasteiger partial charge on any atom is 0.258 e. The number of aromatic hydroxyl groups is 1. The molecule has 0 bridgehead atoms. The Morgan fingerprint density at radius 3 is 2.18 bits per heavy atom. The lowest BCUT2D eigenvalue weighted by Gasteiger charge is -2.43. The van der Waals surface area contributed by atoms with Crippen LogP contribution < -0.4 is 0 Å². The average molecular weight is 448 g/mol. The van der Waals surface area contributed by atoms with E-state index in [0.29, 0.717) is 16.5 Å². The zero-order chi connectivity index (χ0) is 23.2. The number of rotatable bonds is 1. The Kier molecular flexibility index (Phi) is 4.09. The highest BCUT2D eigenvalue weighted by atomic mass is 16.5. The Morgan fingerprint density at radius 1 is 0.758 bits per heavy atom. The lowest BCUT2D eigenvalue weighted by Crippen LogP contribution is -2.43. The molecule has 6 atom stereocenters. The minimum Gasteiger partial charge on any atom is -0.507 e. The van der Waals surface area contributed by atoms with Gasteiger partial charge < -0.3 is 5.11 Å². The molecule has 0 aromatic heterocycles. The Balaban J connectivity index is 1.56. The van der Waals surface area contributed by atoms with Gasteiger partial charge in [0, 0.05) is 16.9 Å². The zero-order valence-corrected chi connectivity index (χ0v) is 17.3. The van der Waals surface area contributed by atoms with Crippen LogP contribution in [0.4, 0.5) is 0 Å². The number of phenolic OH excluding ortho intramolecular Hbond substituents is 1. The highest BCUT2D eigenvalue weighted by molar-refractivity contribution is 6.06. The van der Waals surface area contributed by atoms with E-state index in [4.69, 9.17) is 0 Å². The maximum absolute atomic E-state index is 13.0. The van der Waals surface area contributed by atoms with E-state index in [1.54, 1.807) is 24.3 Å². The summed E-state index contributed by atoms with van der Waals surface area (Å²) in [5.41, 5.74) is 1.10. The van der Waals surface area contributed by atoms with Gasteiger partial charge in [0.2, 0.25) is 0 Å². The maximum atomic E-state index is 13.0. The van der Waals surface area contributed by atoms with Gasteiger partial charge in [-0.05, 0) is 24.1 Å². The van der Waals surface area contributed by atoms with E-state index >= 15 is 0 Å². The molecule has 9 heteroatoms. The van der Waals surface area contributed by atoms with Crippen LogP contribution in [-0.2, 0) is 19.2 Å². The van der Waals surface area contributed by atoms with Gasteiger partial charge in [0.25, 0.3) is 23.6 Å². The van der Waals surface area contributed by atoms with Crippen LogP contribution in [0.2, 0.25) is 0 Å². The predicted octanol–water partition coefficient (Wildman–Crippen LogP) is 1.96. The van der Waals surface area contributed by atoms with E-state index in [9.17, 15) is 34.7 Å². The Labute approximate surface area is 187 Å². The molecule has 1 saturated carbocycles. The highest BCUT2D eigenvalue weighted by Gasteiger charge is 2.62. The molecule has 3 N–H and O–H groups in total. The number of carbonyl (C=O) groups excluding carboxylic acids is 4. The van der Waals surface area contributed by atoms with Crippen molar-refractivity contribution in [1.82, 2.24) is 10.1 Å². The molecule has 2 aromatic rings. The molecule has 9 nitrogen and oxygen atoms in total. The topological polar surface area (TPSA) is 135 Å². The van der Waals surface area contributed by atoms with Crippen molar-refractivity contribution < 1.29 is 34.7 Å². The Morgan fingerprint density at radius 2 is 1.42 bits per heavy atom. The van der Waals surface area contributed by atoms with Crippen LogP contribution in [0.3, 0.4) is 0 Å². The second kappa shape index (κ2) is 6.72. The second-order valence-electron chi connectivity index (χ2n) is 9.23. The first-order valence-electron chi connectivity index (χ1n) is 10.8. The summed E-state index contributed by atoms with van der Waals surface area (Å²) in [5.74, 6) is -7.73. The van der Waals surface area contributed by atoms with Gasteiger partial charge in [0.15, 0.2) is 0 Å². The van der Waals surface area contributed by atoms with E-state index in [0.717, 1.165) is 5.39 Å². The molecule has 2 heterocycles. The van der Waals surface area contributed by atoms with E-state index in [1.165, 1.54) is 0 Å². The monoisotopic (exact) mass is 448 g/mol. The molecule has 6 rings (SSSR count). The first-order chi connectivity index (χ1) is 15.8. The standard InChI is InChI=1S/C24H20N2O7/c27-20-11-4-2-1-3-10(11)5-6-13(20)17-12-7-8-14-18(23(30)25(32)21(14)28)15(12)9-16-19(17)24(31)26(33)22(16)29/h1-7,14-19,27,32-33H,8-9H2. The lowest BCUT2D eigenvalue weighted by atomic mass is 9.57. The van der Waals surface area contributed by atoms with Crippen LogP contribution in [0, 0.1) is 29.6 Å². The van der Waals surface area contributed by atoms with Crippen molar-refractivity contribution in [3.05, 3.63) is 53.6 Å². The fraction of sp³-hybridized carbons (Fsp3) is 0.333. The number of benzene rings is 2. The largest absolute Gasteiger partial charge is 0.507 e. The number of allylic oxidation sites excluding steroid dienone is 2. The van der Waals surface area contributed by atoms with Crippen molar-refractivity contribution in [2.75, 3.05) is 0 Å². The SMILES string of the molecule is O=C1C2CC=C3C(CC4C(=O)N(O)C(=O)C4C3c3ccc4ccccc4c3O)C2C(=O)N1O. The van der Waals surface area contributed by atoms with Crippen LogP contribution in [-0.4, -0.2) is 49.3 Å². The number of carbonyl (C=O) groups is 4. The minimum absolute atomic E-state index is 0.0326. The van der Waals surface area contributed by atoms with Crippen LogP contribution in [0.5, 0.6) is 5.75 Å². The summed E-state index contributed by atoms with van der Waals surface area (Å²) in [6.45, 7) is 0. The van der Waals surface area contributed by atoms with Gasteiger partial charge in [-0.1, -0.05) is 48.0 Å². The predicted molar refractivity (Wildman–Crippen MR) is 110 cm³/mol. The van der Waals surface area contributed by atoms with E-state index in [1.807, 2.05) is 18.2 Å². The van der Waals surface area contributed by atoms with Crippen molar-refractivity contribution >= 4 is 34.4 Å². The lowest BCUT2D eigenvalue weighted by molar-refractivity contribution is -0.174. The smallest absolute Gasteiger partial charge is 0.258 e. The van der Waals surface area contributed by atoms with E-state index < -0.39 is 59.1 Å². The van der Waals surface area contributed by atoms with Gasteiger partial charge in [-0.3, -0.25) is 29.6 Å². The summed E-state index contributed by atoms with van der Waals surface area (Å²) in [6, 6.07) is 10.7. The van der Waals surface area contributed by atoms with E-state index in [-0.39, 0.29) is 28.7 Å². The number of hydrogen-bond acceptors (Lipinski definition) is 7. The van der Waals surface area contributed by atoms with Crippen molar-refractivity contribution in [2.45, 2.75) is 18.8 Å². The van der Waals surface area contributed by atoms with Gasteiger partial charge in [-0.25, -0.2) is 0 Å². The average Bonchev–Trinajstić information content (AvgIpc) is 3.18. The van der Waals surface area contributed by atoms with Gasteiger partial charge in [0.05, 0.1) is 23.7 Å². The van der Waals surface area contributed by atoms with Crippen LogP contribution in [0.1, 0.15) is 24.3 Å². The van der Waals surface area contributed by atoms with Crippen LogP contribution >= 0.6 is 0 Å². The van der Waals surface area contributed by atoms with Crippen LogP contribution in [0.25, 0.3) is 10.8 Å². The first kappa shape index (κ1) is 20.1. The Bertz CT molecular complexity index is 1300. The molecule has 0 radical (unpaired) electrons. The fourth-order valence-electron chi connectivity index (χ4n) is 6.43. The third kappa shape index (κ3) is 2.49. The molecule has 4 aliphatic rings. The molecule has 4 amide bonds. The molecule has 2 saturated heterocycles.